The Hall–Kier alpha value is -2.81. The molecule has 9 heteroatoms. The number of carbonyl (C=O) groups excluding carboxylic acids is 1. The van der Waals surface area contributed by atoms with E-state index in [9.17, 15) is 18.0 Å². The zero-order valence-electron chi connectivity index (χ0n) is 17.5. The molecule has 2 aromatic rings. The summed E-state index contributed by atoms with van der Waals surface area (Å²) in [6, 6.07) is 12.6. The number of pyridine rings is 1. The lowest BCUT2D eigenvalue weighted by Gasteiger charge is -2.42. The third-order valence-electron chi connectivity index (χ3n) is 5.80. The van der Waals surface area contributed by atoms with Crippen LogP contribution in [-0.2, 0) is 21.4 Å². The number of hydrogen-bond donors (Lipinski definition) is 1. The summed E-state index contributed by atoms with van der Waals surface area (Å²) >= 11 is 0. The number of nitrogens with one attached hydrogen (secondary N) is 1. The van der Waals surface area contributed by atoms with Gasteiger partial charge in [-0.1, -0.05) is 25.1 Å². The summed E-state index contributed by atoms with van der Waals surface area (Å²) in [6.07, 6.45) is 1.38. The Labute approximate surface area is 181 Å². The summed E-state index contributed by atoms with van der Waals surface area (Å²) < 4.78 is 33.9. The molecule has 0 unspecified atom stereocenters. The van der Waals surface area contributed by atoms with Crippen LogP contribution >= 0.6 is 0 Å². The number of nitrogens with zero attached hydrogens (tertiary/aromatic N) is 2. The Morgan fingerprint density at radius 3 is 2.65 bits per heavy atom. The summed E-state index contributed by atoms with van der Waals surface area (Å²) in [4.78, 5) is 27.5. The average Bonchev–Trinajstić information content (AvgIpc) is 2.75. The SMILES string of the molecule is CCCS(=O)(=O)Nc1ccc2n(c1=O)C[C@H]1C[C@@H]2CN(C(=O)COc2ccccc2)C1. The van der Waals surface area contributed by atoms with Crippen LogP contribution in [0.2, 0.25) is 0 Å². The van der Waals surface area contributed by atoms with Gasteiger partial charge in [-0.3, -0.25) is 14.3 Å². The fourth-order valence-corrected chi connectivity index (χ4v) is 5.60. The van der Waals surface area contributed by atoms with Gasteiger partial charge in [0.15, 0.2) is 6.61 Å². The highest BCUT2D eigenvalue weighted by atomic mass is 32.2. The Kier molecular flexibility index (Phi) is 6.04. The van der Waals surface area contributed by atoms with Crippen molar-refractivity contribution < 1.29 is 17.9 Å². The number of sulfonamides is 1. The van der Waals surface area contributed by atoms with Crippen molar-refractivity contribution in [3.63, 3.8) is 0 Å². The summed E-state index contributed by atoms with van der Waals surface area (Å²) in [5.41, 5.74) is 0.613. The van der Waals surface area contributed by atoms with E-state index in [-0.39, 0.29) is 41.3 Å². The predicted octanol–water partition coefficient (Wildman–Crippen LogP) is 2.02. The van der Waals surface area contributed by atoms with Gasteiger partial charge in [-0.05, 0) is 43.0 Å². The number of fused-ring (bicyclic) bond motifs is 4. The Morgan fingerprint density at radius 2 is 1.90 bits per heavy atom. The first-order valence-electron chi connectivity index (χ1n) is 10.6. The van der Waals surface area contributed by atoms with Gasteiger partial charge in [0.05, 0.1) is 5.75 Å². The zero-order chi connectivity index (χ0) is 22.0. The number of likely N-dealkylation sites (tertiary alicyclic amines) is 1. The molecule has 0 saturated carbocycles. The van der Waals surface area contributed by atoms with Crippen LogP contribution in [0.4, 0.5) is 5.69 Å². The molecule has 1 fully saturated rings. The van der Waals surface area contributed by atoms with E-state index >= 15 is 0 Å². The van der Waals surface area contributed by atoms with Gasteiger partial charge < -0.3 is 14.2 Å². The van der Waals surface area contributed by atoms with E-state index in [2.05, 4.69) is 4.72 Å². The summed E-state index contributed by atoms with van der Waals surface area (Å²) in [5.74, 6) is 0.747. The molecule has 4 rings (SSSR count). The normalized spacial score (nSPS) is 20.1. The maximum absolute atomic E-state index is 12.9. The first-order valence-corrected chi connectivity index (χ1v) is 12.2. The third-order valence-corrected chi connectivity index (χ3v) is 7.28. The number of anilines is 1. The highest BCUT2D eigenvalue weighted by Crippen LogP contribution is 2.35. The molecule has 1 aromatic carbocycles. The van der Waals surface area contributed by atoms with Crippen LogP contribution in [0.3, 0.4) is 0 Å². The maximum atomic E-state index is 12.9. The zero-order valence-corrected chi connectivity index (χ0v) is 18.3. The maximum Gasteiger partial charge on any atom is 0.275 e. The molecule has 1 amide bonds. The van der Waals surface area contributed by atoms with Gasteiger partial charge in [-0.2, -0.15) is 0 Å². The summed E-state index contributed by atoms with van der Waals surface area (Å²) in [5, 5.41) is 0. The molecule has 2 bridgehead atoms. The van der Waals surface area contributed by atoms with Crippen molar-refractivity contribution in [2.75, 3.05) is 30.2 Å². The largest absolute Gasteiger partial charge is 0.484 e. The summed E-state index contributed by atoms with van der Waals surface area (Å²) in [7, 11) is -3.53. The quantitative estimate of drug-likeness (QED) is 0.703. The van der Waals surface area contributed by atoms with E-state index in [0.717, 1.165) is 12.1 Å². The molecule has 2 aliphatic rings. The van der Waals surface area contributed by atoms with E-state index in [4.69, 9.17) is 4.74 Å². The van der Waals surface area contributed by atoms with Gasteiger partial charge >= 0.3 is 0 Å². The number of para-hydroxylation sites is 1. The second-order valence-electron chi connectivity index (χ2n) is 8.21. The molecule has 3 heterocycles. The van der Waals surface area contributed by atoms with Crippen molar-refractivity contribution in [2.24, 2.45) is 5.92 Å². The molecule has 0 spiro atoms. The number of benzene rings is 1. The molecule has 166 valence electrons. The van der Waals surface area contributed by atoms with Crippen LogP contribution < -0.4 is 15.0 Å². The van der Waals surface area contributed by atoms with E-state index < -0.39 is 10.0 Å². The second-order valence-corrected chi connectivity index (χ2v) is 10.0. The van der Waals surface area contributed by atoms with Crippen LogP contribution in [0.15, 0.2) is 47.3 Å². The number of rotatable bonds is 7. The average molecular weight is 446 g/mol. The van der Waals surface area contributed by atoms with Gasteiger partial charge in [-0.25, -0.2) is 8.42 Å². The van der Waals surface area contributed by atoms with E-state index in [1.165, 1.54) is 0 Å². The van der Waals surface area contributed by atoms with Crippen molar-refractivity contribution in [1.29, 1.82) is 0 Å². The van der Waals surface area contributed by atoms with Gasteiger partial charge in [0, 0.05) is 31.2 Å². The lowest BCUT2D eigenvalue weighted by Crippen LogP contribution is -2.50. The van der Waals surface area contributed by atoms with Crippen molar-refractivity contribution in [3.05, 3.63) is 58.5 Å². The topological polar surface area (TPSA) is 97.7 Å². The van der Waals surface area contributed by atoms with Crippen molar-refractivity contribution >= 4 is 21.6 Å². The Bertz CT molecular complexity index is 1110. The minimum Gasteiger partial charge on any atom is -0.484 e. The van der Waals surface area contributed by atoms with Crippen LogP contribution in [0.5, 0.6) is 5.75 Å². The number of carbonyl (C=O) groups is 1. The number of hydrogen-bond acceptors (Lipinski definition) is 5. The van der Waals surface area contributed by atoms with Crippen LogP contribution in [0, 0.1) is 5.92 Å². The fourth-order valence-electron chi connectivity index (χ4n) is 4.47. The molecule has 1 saturated heterocycles. The lowest BCUT2D eigenvalue weighted by molar-refractivity contribution is -0.136. The monoisotopic (exact) mass is 445 g/mol. The minimum atomic E-state index is -3.53. The molecule has 2 aliphatic heterocycles. The Balaban J connectivity index is 1.48. The van der Waals surface area contributed by atoms with Gasteiger partial charge in [0.25, 0.3) is 11.5 Å². The smallest absolute Gasteiger partial charge is 0.275 e. The van der Waals surface area contributed by atoms with Crippen molar-refractivity contribution in [2.45, 2.75) is 32.2 Å². The number of amides is 1. The molecule has 1 aromatic heterocycles. The number of aromatic nitrogens is 1. The molecule has 8 nitrogen and oxygen atoms in total. The van der Waals surface area contributed by atoms with Crippen molar-refractivity contribution in [1.82, 2.24) is 9.47 Å². The lowest BCUT2D eigenvalue weighted by atomic mass is 9.83. The number of piperidine rings is 1. The first-order chi connectivity index (χ1) is 14.9. The van der Waals surface area contributed by atoms with E-state index in [1.54, 1.807) is 23.6 Å². The van der Waals surface area contributed by atoms with Gasteiger partial charge in [-0.15, -0.1) is 0 Å². The van der Waals surface area contributed by atoms with Gasteiger partial charge in [0.2, 0.25) is 10.0 Å². The van der Waals surface area contributed by atoms with E-state index in [0.29, 0.717) is 31.8 Å². The van der Waals surface area contributed by atoms with Crippen molar-refractivity contribution in [3.8, 4) is 5.75 Å². The molecule has 0 radical (unpaired) electrons. The molecule has 2 atom stereocenters. The summed E-state index contributed by atoms with van der Waals surface area (Å²) in [6.45, 7) is 3.31. The van der Waals surface area contributed by atoms with Crippen LogP contribution in [0.25, 0.3) is 0 Å². The van der Waals surface area contributed by atoms with Crippen LogP contribution in [0.1, 0.15) is 31.4 Å². The highest BCUT2D eigenvalue weighted by Gasteiger charge is 2.36. The standard InChI is InChI=1S/C22H27N3O5S/c1-2-10-31(28,29)23-19-8-9-20-17-11-16(13-25(20)22(19)27)12-24(14-17)21(26)15-30-18-6-4-3-5-7-18/h3-9,16-17,23H,2,10-15H2,1H3/t16-,17+/m0/s1. The number of ether oxygens (including phenoxy) is 1. The molecular weight excluding hydrogens is 418 g/mol. The Morgan fingerprint density at radius 1 is 1.13 bits per heavy atom. The molecular formula is C22H27N3O5S. The second kappa shape index (κ2) is 8.74. The van der Waals surface area contributed by atoms with E-state index in [1.807, 2.05) is 35.2 Å². The third kappa shape index (κ3) is 4.76. The predicted molar refractivity (Wildman–Crippen MR) is 118 cm³/mol. The molecule has 1 N–H and O–H groups in total. The first kappa shape index (κ1) is 21.4. The highest BCUT2D eigenvalue weighted by molar-refractivity contribution is 7.92. The molecule has 0 aliphatic carbocycles. The van der Waals surface area contributed by atoms with Gasteiger partial charge in [0.1, 0.15) is 11.4 Å². The molecule has 31 heavy (non-hydrogen) atoms. The minimum absolute atomic E-state index is 0.0194. The fraction of sp³-hybridized carbons (Fsp3) is 0.455. The van der Waals surface area contributed by atoms with Crippen LogP contribution in [-0.4, -0.2) is 49.2 Å².